The lowest BCUT2D eigenvalue weighted by atomic mass is 9.98. The summed E-state index contributed by atoms with van der Waals surface area (Å²) < 4.78 is 11.8. The molecular formula is C35H37N5O12. The summed E-state index contributed by atoms with van der Waals surface area (Å²) in [6.07, 6.45) is 0.156. The van der Waals surface area contributed by atoms with Crippen molar-refractivity contribution in [2.75, 3.05) is 26.2 Å². The number of carbonyl (C=O) groups is 6. The smallest absolute Gasteiger partial charge is 0.343 e. The highest BCUT2D eigenvalue weighted by atomic mass is 16.6. The number of nitrogens with two attached hydrogens (primary N) is 2. The molecule has 0 atom stereocenters. The topological polar surface area (TPSA) is 273 Å². The van der Waals surface area contributed by atoms with Crippen LogP contribution in [0.3, 0.4) is 0 Å². The standard InChI is InChI=1S/C35H37N5O12/c36-35(37)38-24-8-9-25-23(14-24)5-2-12-51-32-26(52-34(25)50)10-6-22(7-11-27(41)42)31(32)33(49)40(19-30(47)48)16-21-4-1-3-20(13-21)15-39(17-28(43)44)18-29(45)46/h1,3-4,6,8-10,13-14H,2,5,7,11-12,15-19H2,(H,41,42)(H,43,44)(H,45,46)(H,47,48)(H4,36,37,38). The van der Waals surface area contributed by atoms with Crippen LogP contribution in [0.4, 0.5) is 5.69 Å². The van der Waals surface area contributed by atoms with Crippen LogP contribution >= 0.6 is 0 Å². The van der Waals surface area contributed by atoms with E-state index in [1.54, 1.807) is 30.3 Å². The van der Waals surface area contributed by atoms with Gasteiger partial charge in [0.2, 0.25) is 0 Å². The monoisotopic (exact) mass is 719 g/mol. The van der Waals surface area contributed by atoms with Crippen LogP contribution in [-0.2, 0) is 45.1 Å². The third kappa shape index (κ3) is 10.8. The zero-order valence-corrected chi connectivity index (χ0v) is 27.8. The van der Waals surface area contributed by atoms with Crippen LogP contribution in [0.1, 0.15) is 55.8 Å². The van der Waals surface area contributed by atoms with Gasteiger partial charge in [-0.2, -0.15) is 0 Å². The van der Waals surface area contributed by atoms with E-state index in [1.165, 1.54) is 29.2 Å². The Morgan fingerprint density at radius 3 is 2.12 bits per heavy atom. The number of amides is 1. The first-order chi connectivity index (χ1) is 24.7. The van der Waals surface area contributed by atoms with Gasteiger partial charge in [-0.3, -0.25) is 28.9 Å². The molecule has 17 nitrogen and oxygen atoms in total. The first kappa shape index (κ1) is 38.3. The van der Waals surface area contributed by atoms with E-state index in [2.05, 4.69) is 4.99 Å². The van der Waals surface area contributed by atoms with E-state index < -0.39 is 55.4 Å². The molecule has 274 valence electrons. The number of hydrogen-bond donors (Lipinski definition) is 6. The van der Waals surface area contributed by atoms with Crippen molar-refractivity contribution < 1.29 is 58.7 Å². The molecule has 1 amide bonds. The molecule has 0 aliphatic carbocycles. The molecule has 0 fully saturated rings. The summed E-state index contributed by atoms with van der Waals surface area (Å²) in [6, 6.07) is 13.9. The van der Waals surface area contributed by atoms with Gasteiger partial charge in [-0.25, -0.2) is 9.79 Å². The van der Waals surface area contributed by atoms with Gasteiger partial charge in [-0.15, -0.1) is 0 Å². The molecule has 0 saturated carbocycles. The van der Waals surface area contributed by atoms with Crippen molar-refractivity contribution in [1.29, 1.82) is 0 Å². The Hall–Kier alpha value is -6.49. The van der Waals surface area contributed by atoms with Gasteiger partial charge in [0.15, 0.2) is 17.5 Å². The van der Waals surface area contributed by atoms with Gasteiger partial charge in [0.25, 0.3) is 5.91 Å². The minimum absolute atomic E-state index is 0.0172. The van der Waals surface area contributed by atoms with Gasteiger partial charge in [0.05, 0.1) is 36.5 Å². The van der Waals surface area contributed by atoms with Crippen molar-refractivity contribution >= 4 is 47.4 Å². The van der Waals surface area contributed by atoms with Crippen molar-refractivity contribution in [2.45, 2.75) is 38.8 Å². The van der Waals surface area contributed by atoms with Crippen LogP contribution in [-0.4, -0.2) is 98.2 Å². The Morgan fingerprint density at radius 1 is 0.808 bits per heavy atom. The summed E-state index contributed by atoms with van der Waals surface area (Å²) >= 11 is 0. The fourth-order valence-corrected chi connectivity index (χ4v) is 5.68. The Kier molecular flexibility index (Phi) is 12.8. The van der Waals surface area contributed by atoms with Crippen molar-refractivity contribution in [2.24, 2.45) is 16.5 Å². The highest BCUT2D eigenvalue weighted by molar-refractivity contribution is 6.01. The maximum Gasteiger partial charge on any atom is 0.343 e. The highest BCUT2D eigenvalue weighted by Gasteiger charge is 2.30. The predicted molar refractivity (Wildman–Crippen MR) is 182 cm³/mol. The van der Waals surface area contributed by atoms with Crippen molar-refractivity contribution in [3.05, 3.63) is 88.0 Å². The number of fused-ring (bicyclic) bond motifs is 2. The molecule has 0 bridgehead atoms. The van der Waals surface area contributed by atoms with E-state index in [4.69, 9.17) is 20.9 Å². The summed E-state index contributed by atoms with van der Waals surface area (Å²) in [6.45, 7) is -2.21. The largest absolute Gasteiger partial charge is 0.489 e. The second kappa shape index (κ2) is 17.4. The number of carboxylic acid groups (broad SMARTS) is 4. The summed E-state index contributed by atoms with van der Waals surface area (Å²) in [7, 11) is 0. The normalized spacial score (nSPS) is 12.4. The number of hydrogen-bond acceptors (Lipinski definition) is 10. The van der Waals surface area contributed by atoms with E-state index in [9.17, 15) is 49.2 Å². The first-order valence-corrected chi connectivity index (χ1v) is 15.9. The minimum atomic E-state index is -1.36. The molecule has 17 heteroatoms. The number of aliphatic imine (C=N–C) groups is 1. The molecule has 3 aromatic rings. The zero-order valence-electron chi connectivity index (χ0n) is 27.8. The van der Waals surface area contributed by atoms with Crippen LogP contribution in [0.2, 0.25) is 0 Å². The SMILES string of the molecule is NC(N)=Nc1ccc2c(c1)CCCOc1c(ccc(CCC(=O)O)c1C(=O)N(CC(=O)O)Cc1cccc(CN(CC(=O)O)CC(=O)O)c1)OC2=O. The molecule has 3 aromatic carbocycles. The molecule has 8 N–H and O–H groups in total. The molecule has 1 aliphatic rings. The molecule has 1 aliphatic heterocycles. The quantitative estimate of drug-likeness (QED) is 0.0566. The Bertz CT molecular complexity index is 1890. The fraction of sp³-hybridized carbons (Fsp3) is 0.286. The van der Waals surface area contributed by atoms with Gasteiger partial charge < -0.3 is 46.3 Å². The Balaban J connectivity index is 1.74. The maximum atomic E-state index is 14.4. The number of carboxylic acids is 4. The number of carbonyl (C=O) groups excluding carboxylic acids is 2. The minimum Gasteiger partial charge on any atom is -0.489 e. The van der Waals surface area contributed by atoms with Crippen LogP contribution in [0, 0.1) is 0 Å². The van der Waals surface area contributed by atoms with Gasteiger partial charge in [0, 0.05) is 19.5 Å². The number of ether oxygens (including phenoxy) is 2. The molecule has 0 radical (unpaired) electrons. The van der Waals surface area contributed by atoms with Crippen molar-refractivity contribution in [1.82, 2.24) is 9.80 Å². The highest BCUT2D eigenvalue weighted by Crippen LogP contribution is 2.37. The molecule has 0 aromatic heterocycles. The number of aliphatic carboxylic acids is 4. The predicted octanol–water partition coefficient (Wildman–Crippen LogP) is 1.85. The van der Waals surface area contributed by atoms with Gasteiger partial charge >= 0.3 is 29.8 Å². The fourth-order valence-electron chi connectivity index (χ4n) is 5.68. The molecule has 1 heterocycles. The second-order valence-electron chi connectivity index (χ2n) is 11.8. The molecule has 52 heavy (non-hydrogen) atoms. The van der Waals surface area contributed by atoms with Crippen molar-refractivity contribution in [3.63, 3.8) is 0 Å². The molecular weight excluding hydrogens is 682 g/mol. The van der Waals surface area contributed by atoms with E-state index in [-0.39, 0.29) is 66.7 Å². The van der Waals surface area contributed by atoms with Gasteiger partial charge in [-0.05, 0) is 65.8 Å². The molecule has 0 unspecified atom stereocenters. The average Bonchev–Trinajstić information content (AvgIpc) is 3.04. The summed E-state index contributed by atoms with van der Waals surface area (Å²) in [5, 5.41) is 37.7. The number of nitrogens with zero attached hydrogens (tertiary/aromatic N) is 3. The third-order valence-corrected chi connectivity index (χ3v) is 7.74. The third-order valence-electron chi connectivity index (χ3n) is 7.74. The maximum absolute atomic E-state index is 14.4. The summed E-state index contributed by atoms with van der Waals surface area (Å²) in [5.74, 6) is -7.08. The molecule has 4 rings (SSSR count). The van der Waals surface area contributed by atoms with E-state index >= 15 is 0 Å². The number of esters is 1. The van der Waals surface area contributed by atoms with Crippen molar-refractivity contribution in [3.8, 4) is 11.5 Å². The number of rotatable bonds is 15. The van der Waals surface area contributed by atoms with Crippen LogP contribution in [0.5, 0.6) is 11.5 Å². The lowest BCUT2D eigenvalue weighted by Gasteiger charge is -2.26. The summed E-state index contributed by atoms with van der Waals surface area (Å²) in [4.78, 5) is 80.3. The van der Waals surface area contributed by atoms with Gasteiger partial charge in [0.1, 0.15) is 6.54 Å². The van der Waals surface area contributed by atoms with E-state index in [0.29, 0.717) is 35.2 Å². The van der Waals surface area contributed by atoms with Crippen LogP contribution in [0.15, 0.2) is 59.6 Å². The number of aryl methyl sites for hydroxylation is 2. The molecule has 0 saturated heterocycles. The second-order valence-corrected chi connectivity index (χ2v) is 11.8. The van der Waals surface area contributed by atoms with Gasteiger partial charge in [-0.1, -0.05) is 30.3 Å². The lowest BCUT2D eigenvalue weighted by molar-refractivity contribution is -0.142. The average molecular weight is 720 g/mol. The number of benzene rings is 3. The Labute approximate surface area is 296 Å². The molecule has 0 spiro atoms. The first-order valence-electron chi connectivity index (χ1n) is 15.9. The lowest BCUT2D eigenvalue weighted by Crippen LogP contribution is -2.36. The van der Waals surface area contributed by atoms with E-state index in [0.717, 1.165) is 4.90 Å². The summed E-state index contributed by atoms with van der Waals surface area (Å²) in [5.41, 5.74) is 13.2. The van der Waals surface area contributed by atoms with Crippen LogP contribution in [0.25, 0.3) is 0 Å². The number of guanidine groups is 1. The van der Waals surface area contributed by atoms with E-state index in [1.807, 2.05) is 0 Å². The van der Waals surface area contributed by atoms with Crippen LogP contribution < -0.4 is 20.9 Å². The zero-order chi connectivity index (χ0) is 37.9. The Morgan fingerprint density at radius 2 is 1.48 bits per heavy atom.